The SMILES string of the molecule is Cc1cc(CSc2ccccc2C(=O)OCC(=O)N[C@](C)(C#N)C(C)C)no1. The maximum Gasteiger partial charge on any atom is 0.339 e. The van der Waals surface area contributed by atoms with E-state index in [1.54, 1.807) is 25.1 Å². The lowest BCUT2D eigenvalue weighted by Gasteiger charge is -2.27. The fourth-order valence-corrected chi connectivity index (χ4v) is 3.16. The van der Waals surface area contributed by atoms with Gasteiger partial charge in [-0.2, -0.15) is 5.26 Å². The molecule has 2 rings (SSSR count). The normalized spacial score (nSPS) is 12.9. The number of nitrogens with zero attached hydrogens (tertiary/aromatic N) is 2. The Labute approximate surface area is 168 Å². The molecule has 1 aromatic carbocycles. The monoisotopic (exact) mass is 401 g/mol. The van der Waals surface area contributed by atoms with Crippen LogP contribution in [-0.4, -0.2) is 29.2 Å². The summed E-state index contributed by atoms with van der Waals surface area (Å²) in [6.45, 7) is 6.66. The summed E-state index contributed by atoms with van der Waals surface area (Å²) in [6, 6.07) is 10.9. The van der Waals surface area contributed by atoms with E-state index in [0.717, 1.165) is 16.3 Å². The summed E-state index contributed by atoms with van der Waals surface area (Å²) in [5.74, 6) is 0.0541. The first kappa shape index (κ1) is 21.5. The average Bonchev–Trinajstić information content (AvgIpc) is 3.09. The Balaban J connectivity index is 1.97. The molecule has 148 valence electrons. The highest BCUT2D eigenvalue weighted by Gasteiger charge is 2.30. The van der Waals surface area contributed by atoms with Crippen molar-refractivity contribution >= 4 is 23.6 Å². The molecule has 1 amide bonds. The number of hydrogen-bond acceptors (Lipinski definition) is 7. The molecule has 0 bridgehead atoms. The van der Waals surface area contributed by atoms with Gasteiger partial charge in [0.15, 0.2) is 6.61 Å². The van der Waals surface area contributed by atoms with Crippen molar-refractivity contribution in [3.63, 3.8) is 0 Å². The Morgan fingerprint density at radius 3 is 2.71 bits per heavy atom. The zero-order valence-electron chi connectivity index (χ0n) is 16.3. The first-order chi connectivity index (χ1) is 13.2. The van der Waals surface area contributed by atoms with Gasteiger partial charge in [0.2, 0.25) is 0 Å². The molecule has 0 fully saturated rings. The third kappa shape index (κ3) is 5.60. The van der Waals surface area contributed by atoms with Crippen molar-refractivity contribution < 1.29 is 18.8 Å². The second-order valence-electron chi connectivity index (χ2n) is 6.81. The number of rotatable bonds is 8. The maximum absolute atomic E-state index is 12.4. The molecule has 8 heteroatoms. The number of ether oxygens (including phenoxy) is 1. The van der Waals surface area contributed by atoms with Crippen LogP contribution >= 0.6 is 11.8 Å². The molecule has 1 aromatic heterocycles. The fraction of sp³-hybridized carbons (Fsp3) is 0.400. The van der Waals surface area contributed by atoms with E-state index in [1.165, 1.54) is 11.8 Å². The van der Waals surface area contributed by atoms with Gasteiger partial charge in [-0.1, -0.05) is 31.1 Å². The predicted molar refractivity (Wildman–Crippen MR) is 105 cm³/mol. The molecule has 1 atom stereocenters. The first-order valence-corrected chi connectivity index (χ1v) is 9.77. The Kier molecular flexibility index (Phi) is 7.24. The van der Waals surface area contributed by atoms with Gasteiger partial charge >= 0.3 is 5.97 Å². The van der Waals surface area contributed by atoms with E-state index >= 15 is 0 Å². The van der Waals surface area contributed by atoms with Crippen LogP contribution in [0.25, 0.3) is 0 Å². The maximum atomic E-state index is 12.4. The molecular weight excluding hydrogens is 378 g/mol. The number of benzene rings is 1. The summed E-state index contributed by atoms with van der Waals surface area (Å²) in [5, 5.41) is 15.8. The third-order valence-corrected chi connectivity index (χ3v) is 5.39. The van der Waals surface area contributed by atoms with Crippen LogP contribution in [0.1, 0.15) is 42.6 Å². The van der Waals surface area contributed by atoms with Gasteiger partial charge in [0.25, 0.3) is 5.91 Å². The summed E-state index contributed by atoms with van der Waals surface area (Å²) in [5.41, 5.74) is 0.120. The van der Waals surface area contributed by atoms with E-state index in [0.29, 0.717) is 11.3 Å². The van der Waals surface area contributed by atoms with Crippen molar-refractivity contribution in [3.8, 4) is 6.07 Å². The largest absolute Gasteiger partial charge is 0.452 e. The van der Waals surface area contributed by atoms with E-state index in [2.05, 4.69) is 16.5 Å². The van der Waals surface area contributed by atoms with Crippen LogP contribution in [0, 0.1) is 24.2 Å². The summed E-state index contributed by atoms with van der Waals surface area (Å²) in [6.07, 6.45) is 0. The lowest BCUT2D eigenvalue weighted by molar-refractivity contribution is -0.125. The molecule has 0 saturated carbocycles. The van der Waals surface area contributed by atoms with E-state index in [9.17, 15) is 14.9 Å². The second kappa shape index (κ2) is 9.42. The van der Waals surface area contributed by atoms with Gasteiger partial charge in [-0.25, -0.2) is 4.79 Å². The number of aryl methyl sites for hydroxylation is 1. The first-order valence-electron chi connectivity index (χ1n) is 8.78. The van der Waals surface area contributed by atoms with Crippen molar-refractivity contribution in [1.82, 2.24) is 10.5 Å². The Morgan fingerprint density at radius 2 is 2.11 bits per heavy atom. The Hall–Kier alpha value is -2.79. The van der Waals surface area contributed by atoms with Gasteiger partial charge in [0.05, 0.1) is 17.3 Å². The van der Waals surface area contributed by atoms with Crippen LogP contribution in [0.2, 0.25) is 0 Å². The number of esters is 1. The molecule has 7 nitrogen and oxygen atoms in total. The number of amides is 1. The van der Waals surface area contributed by atoms with Gasteiger partial charge in [0.1, 0.15) is 11.3 Å². The molecule has 2 aromatic rings. The van der Waals surface area contributed by atoms with Crippen molar-refractivity contribution in [2.45, 2.75) is 43.9 Å². The second-order valence-corrected chi connectivity index (χ2v) is 7.82. The molecule has 0 aliphatic heterocycles. The number of nitrogens with one attached hydrogen (secondary N) is 1. The minimum Gasteiger partial charge on any atom is -0.452 e. The number of hydrogen-bond donors (Lipinski definition) is 1. The van der Waals surface area contributed by atoms with Crippen LogP contribution in [0.3, 0.4) is 0 Å². The lowest BCUT2D eigenvalue weighted by Crippen LogP contribution is -2.50. The van der Waals surface area contributed by atoms with Crippen LogP contribution in [0.15, 0.2) is 39.8 Å². The number of carbonyl (C=O) groups is 2. The van der Waals surface area contributed by atoms with Crippen LogP contribution in [0.5, 0.6) is 0 Å². The topological polar surface area (TPSA) is 105 Å². The van der Waals surface area contributed by atoms with Crippen LogP contribution in [-0.2, 0) is 15.3 Å². The molecule has 0 radical (unpaired) electrons. The number of thioether (sulfide) groups is 1. The van der Waals surface area contributed by atoms with Gasteiger partial charge in [-0.15, -0.1) is 11.8 Å². The summed E-state index contributed by atoms with van der Waals surface area (Å²) >= 11 is 1.43. The average molecular weight is 401 g/mol. The van der Waals surface area contributed by atoms with Gasteiger partial charge in [0, 0.05) is 16.7 Å². The minimum absolute atomic E-state index is 0.0885. The predicted octanol–water partition coefficient (Wildman–Crippen LogP) is 3.49. The van der Waals surface area contributed by atoms with Crippen LogP contribution in [0.4, 0.5) is 0 Å². The molecule has 0 saturated heterocycles. The summed E-state index contributed by atoms with van der Waals surface area (Å²) in [4.78, 5) is 25.3. The standard InChI is InChI=1S/C20H23N3O4S/c1-13(2)20(4,12-21)22-18(24)10-26-19(25)16-7-5-6-8-17(16)28-11-15-9-14(3)27-23-15/h5-9,13H,10-11H2,1-4H3,(H,22,24)/t20-/m1/s1. The number of aromatic nitrogens is 1. The third-order valence-electron chi connectivity index (χ3n) is 4.28. The zero-order chi connectivity index (χ0) is 20.7. The molecular formula is C20H23N3O4S. The van der Waals surface area contributed by atoms with E-state index in [1.807, 2.05) is 32.9 Å². The van der Waals surface area contributed by atoms with E-state index in [-0.39, 0.29) is 5.92 Å². The van der Waals surface area contributed by atoms with Gasteiger partial charge in [-0.05, 0) is 31.9 Å². The van der Waals surface area contributed by atoms with Crippen molar-refractivity contribution in [3.05, 3.63) is 47.3 Å². The van der Waals surface area contributed by atoms with Crippen molar-refractivity contribution in [2.75, 3.05) is 6.61 Å². The highest BCUT2D eigenvalue weighted by Crippen LogP contribution is 2.26. The minimum atomic E-state index is -1.02. The molecule has 0 aliphatic rings. The van der Waals surface area contributed by atoms with E-state index in [4.69, 9.17) is 9.26 Å². The van der Waals surface area contributed by atoms with Crippen molar-refractivity contribution in [1.29, 1.82) is 5.26 Å². The molecule has 1 heterocycles. The highest BCUT2D eigenvalue weighted by atomic mass is 32.2. The quantitative estimate of drug-likeness (QED) is 0.533. The molecule has 1 N–H and O–H groups in total. The smallest absolute Gasteiger partial charge is 0.339 e. The lowest BCUT2D eigenvalue weighted by atomic mass is 9.90. The summed E-state index contributed by atoms with van der Waals surface area (Å²) in [7, 11) is 0. The highest BCUT2D eigenvalue weighted by molar-refractivity contribution is 7.98. The van der Waals surface area contributed by atoms with E-state index < -0.39 is 24.0 Å². The van der Waals surface area contributed by atoms with Crippen molar-refractivity contribution in [2.24, 2.45) is 5.92 Å². The Morgan fingerprint density at radius 1 is 1.39 bits per heavy atom. The van der Waals surface area contributed by atoms with Gasteiger partial charge in [-0.3, -0.25) is 4.79 Å². The zero-order valence-corrected chi connectivity index (χ0v) is 17.1. The van der Waals surface area contributed by atoms with Gasteiger partial charge < -0.3 is 14.6 Å². The molecule has 0 unspecified atom stereocenters. The Bertz CT molecular complexity index is 888. The number of carbonyl (C=O) groups excluding carboxylic acids is 2. The molecule has 0 aliphatic carbocycles. The number of nitriles is 1. The molecule has 0 spiro atoms. The van der Waals surface area contributed by atoms with Crippen LogP contribution < -0.4 is 5.32 Å². The molecule has 28 heavy (non-hydrogen) atoms. The fourth-order valence-electron chi connectivity index (χ4n) is 2.23. The summed E-state index contributed by atoms with van der Waals surface area (Å²) < 4.78 is 10.2.